The van der Waals surface area contributed by atoms with Gasteiger partial charge >= 0.3 is 5.97 Å². The van der Waals surface area contributed by atoms with Gasteiger partial charge in [-0.3, -0.25) is 14.4 Å². The molecule has 3 fully saturated rings. The van der Waals surface area contributed by atoms with E-state index in [1.54, 1.807) is 22.0 Å². The van der Waals surface area contributed by atoms with Crippen molar-refractivity contribution < 1.29 is 29.0 Å². The third kappa shape index (κ3) is 6.36. The summed E-state index contributed by atoms with van der Waals surface area (Å²) in [6.07, 6.45) is 10.9. The largest absolute Gasteiger partial charge is 0.465 e. The maximum atomic E-state index is 14.2. The third-order valence-corrected chi connectivity index (χ3v) is 8.94. The van der Waals surface area contributed by atoms with Crippen LogP contribution >= 0.6 is 15.9 Å². The van der Waals surface area contributed by atoms with Gasteiger partial charge in [-0.25, -0.2) is 0 Å². The van der Waals surface area contributed by atoms with Gasteiger partial charge in [-0.2, -0.15) is 0 Å². The van der Waals surface area contributed by atoms with Crippen molar-refractivity contribution >= 4 is 33.7 Å². The average molecular weight is 598 g/mol. The van der Waals surface area contributed by atoms with Gasteiger partial charge in [0.2, 0.25) is 11.8 Å². The van der Waals surface area contributed by atoms with Crippen molar-refractivity contribution in [1.82, 2.24) is 9.80 Å². The summed E-state index contributed by atoms with van der Waals surface area (Å²) in [5, 5.41) is 9.12. The Labute approximate surface area is 235 Å². The molecule has 8 nitrogen and oxygen atoms in total. The van der Waals surface area contributed by atoms with Crippen LogP contribution in [0.25, 0.3) is 0 Å². The Bertz CT molecular complexity index is 853. The first-order chi connectivity index (χ1) is 18.4. The van der Waals surface area contributed by atoms with Crippen LogP contribution in [-0.2, 0) is 23.9 Å². The number of nitrogens with zero attached hydrogens (tertiary/aromatic N) is 2. The molecule has 1 spiro atoms. The number of aliphatic hydroxyl groups excluding tert-OH is 1. The first-order valence-corrected chi connectivity index (χ1v) is 15.2. The summed E-state index contributed by atoms with van der Waals surface area (Å²) >= 11 is 3.70. The highest BCUT2D eigenvalue weighted by Gasteiger charge is 2.77. The van der Waals surface area contributed by atoms with Crippen molar-refractivity contribution in [3.63, 3.8) is 0 Å². The van der Waals surface area contributed by atoms with Crippen molar-refractivity contribution in [3.8, 4) is 0 Å². The normalized spacial score (nSPS) is 29.4. The Balaban J connectivity index is 1.90. The lowest BCUT2D eigenvalue weighted by atomic mass is 9.70. The molecule has 3 aliphatic heterocycles. The zero-order valence-corrected chi connectivity index (χ0v) is 24.4. The smallest absolute Gasteiger partial charge is 0.312 e. The fraction of sp³-hybridized carbons (Fsp3) is 0.759. The maximum absolute atomic E-state index is 14.2. The number of carbonyl (C=O) groups excluding carboxylic acids is 3. The summed E-state index contributed by atoms with van der Waals surface area (Å²) in [6.45, 7) is 11.5. The predicted octanol–water partition coefficient (Wildman–Crippen LogP) is 4.00. The number of fused-ring (bicyclic) bond motifs is 1. The Morgan fingerprint density at radius 2 is 1.95 bits per heavy atom. The Morgan fingerprint density at radius 3 is 2.63 bits per heavy atom. The van der Waals surface area contributed by atoms with Crippen molar-refractivity contribution in [2.45, 2.75) is 93.7 Å². The SMILES string of the molecule is C=CCCCOC(=O)[C@H]1[C@@H]2OC3(CC2Br)C(C(=O)N(CC=C)CCCCC)N(CCCCCCO)C(=O)[C@H]13. The van der Waals surface area contributed by atoms with Crippen LogP contribution in [0.1, 0.15) is 71.1 Å². The molecule has 3 saturated heterocycles. The number of amides is 2. The Hall–Kier alpha value is -1.71. The van der Waals surface area contributed by atoms with Crippen LogP contribution in [0, 0.1) is 11.8 Å². The van der Waals surface area contributed by atoms with Crippen LogP contribution in [0.15, 0.2) is 25.3 Å². The summed E-state index contributed by atoms with van der Waals surface area (Å²) in [7, 11) is 0. The van der Waals surface area contributed by atoms with E-state index in [2.05, 4.69) is 36.0 Å². The van der Waals surface area contributed by atoms with Crippen molar-refractivity contribution in [1.29, 1.82) is 0 Å². The molecule has 1 N–H and O–H groups in total. The van der Waals surface area contributed by atoms with Crippen LogP contribution in [0.2, 0.25) is 0 Å². The van der Waals surface area contributed by atoms with Gasteiger partial charge in [0.1, 0.15) is 11.6 Å². The molecular formula is C29H45BrN2O6. The second kappa shape index (κ2) is 14.6. The van der Waals surface area contributed by atoms with E-state index in [4.69, 9.17) is 14.6 Å². The Kier molecular flexibility index (Phi) is 11.9. The topological polar surface area (TPSA) is 96.4 Å². The predicted molar refractivity (Wildman–Crippen MR) is 150 cm³/mol. The average Bonchev–Trinajstić information content (AvgIpc) is 3.49. The number of likely N-dealkylation sites (tertiary alicyclic amines) is 1. The summed E-state index contributed by atoms with van der Waals surface area (Å²) in [5.41, 5.74) is -1.06. The van der Waals surface area contributed by atoms with Crippen LogP contribution in [0.5, 0.6) is 0 Å². The molecule has 3 unspecified atom stereocenters. The van der Waals surface area contributed by atoms with Gasteiger partial charge in [-0.1, -0.05) is 60.7 Å². The highest BCUT2D eigenvalue weighted by Crippen LogP contribution is 2.60. The van der Waals surface area contributed by atoms with Gasteiger partial charge < -0.3 is 24.4 Å². The molecule has 3 aliphatic rings. The lowest BCUT2D eigenvalue weighted by Crippen LogP contribution is -2.57. The maximum Gasteiger partial charge on any atom is 0.312 e. The molecule has 0 aromatic heterocycles. The number of unbranched alkanes of at least 4 members (excludes halogenated alkanes) is 6. The van der Waals surface area contributed by atoms with E-state index in [1.165, 1.54) is 0 Å². The number of alkyl halides is 1. The van der Waals surface area contributed by atoms with E-state index in [9.17, 15) is 14.4 Å². The number of hydrogen-bond donors (Lipinski definition) is 1. The summed E-state index contributed by atoms with van der Waals surface area (Å²) in [6, 6.07) is -0.789. The van der Waals surface area contributed by atoms with Gasteiger partial charge in [-0.15, -0.1) is 13.2 Å². The summed E-state index contributed by atoms with van der Waals surface area (Å²) < 4.78 is 12.2. The lowest BCUT2D eigenvalue weighted by molar-refractivity contribution is -0.155. The zero-order chi connectivity index (χ0) is 27.7. The lowest BCUT2D eigenvalue weighted by Gasteiger charge is -2.37. The van der Waals surface area contributed by atoms with Crippen molar-refractivity contribution in [2.24, 2.45) is 11.8 Å². The molecular weight excluding hydrogens is 552 g/mol. The van der Waals surface area contributed by atoms with Crippen LogP contribution in [0.4, 0.5) is 0 Å². The van der Waals surface area contributed by atoms with E-state index in [0.717, 1.165) is 38.5 Å². The van der Waals surface area contributed by atoms with Crippen LogP contribution < -0.4 is 0 Å². The number of carbonyl (C=O) groups is 3. The molecule has 2 amide bonds. The van der Waals surface area contributed by atoms with E-state index >= 15 is 0 Å². The van der Waals surface area contributed by atoms with Crippen LogP contribution in [-0.4, -0.2) is 88.1 Å². The van der Waals surface area contributed by atoms with E-state index in [0.29, 0.717) is 45.3 Å². The van der Waals surface area contributed by atoms with Crippen molar-refractivity contribution in [3.05, 3.63) is 25.3 Å². The third-order valence-electron chi connectivity index (χ3n) is 8.09. The zero-order valence-electron chi connectivity index (χ0n) is 22.8. The minimum absolute atomic E-state index is 0.132. The second-order valence-electron chi connectivity index (χ2n) is 10.7. The number of ether oxygens (including phenoxy) is 2. The number of rotatable bonds is 18. The highest BCUT2D eigenvalue weighted by molar-refractivity contribution is 9.09. The van der Waals surface area contributed by atoms with Gasteiger partial charge in [0.25, 0.3) is 0 Å². The van der Waals surface area contributed by atoms with E-state index in [-0.39, 0.29) is 29.9 Å². The van der Waals surface area contributed by atoms with Gasteiger partial charge in [0.05, 0.1) is 24.5 Å². The van der Waals surface area contributed by atoms with Gasteiger partial charge in [0.15, 0.2) is 0 Å². The number of allylic oxidation sites excluding steroid dienone is 1. The first kappa shape index (κ1) is 30.8. The monoisotopic (exact) mass is 596 g/mol. The fourth-order valence-electron chi connectivity index (χ4n) is 6.34. The van der Waals surface area contributed by atoms with Crippen LogP contribution in [0.3, 0.4) is 0 Å². The minimum Gasteiger partial charge on any atom is -0.465 e. The Morgan fingerprint density at radius 1 is 1.18 bits per heavy atom. The first-order valence-electron chi connectivity index (χ1n) is 14.3. The molecule has 0 saturated carbocycles. The molecule has 2 bridgehead atoms. The van der Waals surface area contributed by atoms with E-state index < -0.39 is 35.6 Å². The summed E-state index contributed by atoms with van der Waals surface area (Å²) in [5.74, 6) is -2.22. The molecule has 214 valence electrons. The van der Waals surface area contributed by atoms with Gasteiger partial charge in [-0.05, 0) is 38.5 Å². The molecule has 0 radical (unpaired) electrons. The molecule has 6 atom stereocenters. The molecule has 0 aliphatic carbocycles. The number of halogens is 1. The summed E-state index contributed by atoms with van der Waals surface area (Å²) in [4.78, 5) is 44.9. The number of hydrogen-bond acceptors (Lipinski definition) is 6. The fourth-order valence-corrected chi connectivity index (χ4v) is 7.28. The number of aliphatic hydroxyl groups is 1. The highest BCUT2D eigenvalue weighted by atomic mass is 79.9. The molecule has 0 aromatic rings. The molecule has 38 heavy (non-hydrogen) atoms. The molecule has 0 aromatic carbocycles. The minimum atomic E-state index is -1.06. The molecule has 3 heterocycles. The standard InChI is InChI=1S/C29H45BrN2O6/c1-4-7-11-16-31(15-6-3)27(35)25-29-20-21(30)24(38-29)22(28(36)37-19-14-8-5-2)23(29)26(34)32(25)17-12-9-10-13-18-33/h5-6,21-25,33H,2-4,7-20H2,1H3/t21?,22-,23+,24-,25?,29?/m1/s1. The quantitative estimate of drug-likeness (QED) is 0.111. The van der Waals surface area contributed by atoms with E-state index in [1.807, 2.05) is 0 Å². The second-order valence-corrected chi connectivity index (χ2v) is 11.9. The number of esters is 1. The van der Waals surface area contributed by atoms with Gasteiger partial charge in [0, 0.05) is 31.1 Å². The molecule has 9 heteroatoms. The molecule has 3 rings (SSSR count). The van der Waals surface area contributed by atoms with Crippen molar-refractivity contribution in [2.75, 3.05) is 32.8 Å².